The summed E-state index contributed by atoms with van der Waals surface area (Å²) in [4.78, 5) is 14.7. The van der Waals surface area contributed by atoms with Gasteiger partial charge in [-0.15, -0.1) is 0 Å². The summed E-state index contributed by atoms with van der Waals surface area (Å²) in [6, 6.07) is 9.84. The number of likely N-dealkylation sites (tertiary alicyclic amines) is 1. The zero-order valence-corrected chi connectivity index (χ0v) is 14.9. The van der Waals surface area contributed by atoms with Gasteiger partial charge in [0.2, 0.25) is 0 Å². The average molecular weight is 341 g/mol. The minimum Gasteiger partial charge on any atom is -0.350 e. The van der Waals surface area contributed by atoms with Gasteiger partial charge in [0.15, 0.2) is 5.79 Å². The number of hydrogen-bond acceptors (Lipinski definition) is 4. The molecule has 2 aliphatic rings. The number of amides is 1. The zero-order chi connectivity index (χ0) is 17.7. The van der Waals surface area contributed by atoms with Crippen LogP contribution in [0.5, 0.6) is 0 Å². The van der Waals surface area contributed by atoms with Gasteiger partial charge in [0, 0.05) is 13.1 Å². The summed E-state index contributed by atoms with van der Waals surface area (Å²) in [5.74, 6) is -0.501. The second kappa shape index (κ2) is 5.68. The third-order valence-corrected chi connectivity index (χ3v) is 5.03. The molecule has 25 heavy (non-hydrogen) atoms. The molecule has 0 saturated carbocycles. The van der Waals surface area contributed by atoms with Gasteiger partial charge in [-0.25, -0.2) is 4.68 Å². The Kier molecular flexibility index (Phi) is 3.70. The van der Waals surface area contributed by atoms with Crippen LogP contribution in [-0.2, 0) is 9.47 Å². The lowest BCUT2D eigenvalue weighted by Gasteiger charge is -2.53. The summed E-state index contributed by atoms with van der Waals surface area (Å²) in [5.41, 5.74) is 2.40. The Bertz CT molecular complexity index is 780. The molecule has 6 nitrogen and oxygen atoms in total. The molecule has 132 valence electrons. The molecule has 2 fully saturated rings. The number of aromatic nitrogens is 2. The predicted octanol–water partition coefficient (Wildman–Crippen LogP) is 2.41. The van der Waals surface area contributed by atoms with E-state index in [0.29, 0.717) is 31.9 Å². The van der Waals surface area contributed by atoms with Crippen LogP contribution >= 0.6 is 0 Å². The van der Waals surface area contributed by atoms with Crippen LogP contribution in [0.25, 0.3) is 5.69 Å². The molecule has 2 aliphatic heterocycles. The highest BCUT2D eigenvalue weighted by Gasteiger charge is 2.50. The standard InChI is InChI=1S/C19H23N3O3/c1-14-16(9-20-22(14)15-7-5-4-6-8-15)17(23)21-10-19(11-21)12-24-18(2,3)25-13-19/h4-9H,10-13H2,1-3H3. The second-order valence-corrected chi connectivity index (χ2v) is 7.53. The van der Waals surface area contributed by atoms with E-state index in [-0.39, 0.29) is 11.3 Å². The molecule has 0 unspecified atom stereocenters. The monoisotopic (exact) mass is 341 g/mol. The fraction of sp³-hybridized carbons (Fsp3) is 0.474. The zero-order valence-electron chi connectivity index (χ0n) is 14.9. The summed E-state index contributed by atoms with van der Waals surface area (Å²) < 4.78 is 13.3. The lowest BCUT2D eigenvalue weighted by Crippen LogP contribution is -2.65. The molecule has 4 rings (SSSR count). The summed E-state index contributed by atoms with van der Waals surface area (Å²) in [6.07, 6.45) is 1.66. The molecule has 1 spiro atoms. The molecule has 0 bridgehead atoms. The first kappa shape index (κ1) is 16.3. The number of carbonyl (C=O) groups is 1. The van der Waals surface area contributed by atoms with Crippen LogP contribution in [0.3, 0.4) is 0 Å². The first-order chi connectivity index (χ1) is 11.9. The highest BCUT2D eigenvalue weighted by molar-refractivity contribution is 5.95. The van der Waals surface area contributed by atoms with Crippen molar-refractivity contribution in [3.05, 3.63) is 47.8 Å². The molecule has 1 aromatic carbocycles. The van der Waals surface area contributed by atoms with E-state index in [1.165, 1.54) is 0 Å². The SMILES string of the molecule is Cc1c(C(=O)N2CC3(COC(C)(C)OC3)C2)cnn1-c1ccccc1. The number of carbonyl (C=O) groups excluding carboxylic acids is 1. The van der Waals surface area contributed by atoms with Crippen molar-refractivity contribution in [1.82, 2.24) is 14.7 Å². The van der Waals surface area contributed by atoms with Gasteiger partial charge < -0.3 is 14.4 Å². The van der Waals surface area contributed by atoms with Gasteiger partial charge in [-0.3, -0.25) is 4.79 Å². The van der Waals surface area contributed by atoms with Gasteiger partial charge in [0.1, 0.15) is 0 Å². The molecule has 1 aromatic heterocycles. The van der Waals surface area contributed by atoms with E-state index < -0.39 is 5.79 Å². The van der Waals surface area contributed by atoms with Crippen molar-refractivity contribution in [3.63, 3.8) is 0 Å². The summed E-state index contributed by atoms with van der Waals surface area (Å²) >= 11 is 0. The average Bonchev–Trinajstić information content (AvgIpc) is 2.95. The number of hydrogen-bond donors (Lipinski definition) is 0. The van der Waals surface area contributed by atoms with E-state index >= 15 is 0 Å². The molecule has 2 saturated heterocycles. The fourth-order valence-electron chi connectivity index (χ4n) is 3.45. The Morgan fingerprint density at radius 2 is 1.76 bits per heavy atom. The van der Waals surface area contributed by atoms with Crippen LogP contribution in [-0.4, -0.2) is 52.7 Å². The first-order valence-electron chi connectivity index (χ1n) is 8.56. The second-order valence-electron chi connectivity index (χ2n) is 7.53. The number of rotatable bonds is 2. The number of ether oxygens (including phenoxy) is 2. The Hall–Kier alpha value is -2.18. The Morgan fingerprint density at radius 3 is 2.40 bits per heavy atom. The highest BCUT2D eigenvalue weighted by atomic mass is 16.7. The summed E-state index contributed by atoms with van der Waals surface area (Å²) in [5, 5.41) is 4.39. The van der Waals surface area contributed by atoms with Crippen molar-refractivity contribution in [2.24, 2.45) is 5.41 Å². The molecular weight excluding hydrogens is 318 g/mol. The number of para-hydroxylation sites is 1. The molecule has 0 aliphatic carbocycles. The van der Waals surface area contributed by atoms with E-state index in [4.69, 9.17) is 9.47 Å². The third kappa shape index (κ3) is 2.85. The molecule has 6 heteroatoms. The van der Waals surface area contributed by atoms with Gasteiger partial charge in [0.05, 0.1) is 41.8 Å². The number of nitrogens with zero attached hydrogens (tertiary/aromatic N) is 3. The smallest absolute Gasteiger partial charge is 0.257 e. The first-order valence-corrected chi connectivity index (χ1v) is 8.56. The maximum absolute atomic E-state index is 12.8. The Morgan fingerprint density at radius 1 is 1.12 bits per heavy atom. The van der Waals surface area contributed by atoms with Crippen LogP contribution in [0.15, 0.2) is 36.5 Å². The normalized spacial score (nSPS) is 21.2. The molecule has 0 radical (unpaired) electrons. The highest BCUT2D eigenvalue weighted by Crippen LogP contribution is 2.38. The van der Waals surface area contributed by atoms with Crippen molar-refractivity contribution >= 4 is 5.91 Å². The quantitative estimate of drug-likeness (QED) is 0.842. The van der Waals surface area contributed by atoms with Gasteiger partial charge >= 0.3 is 0 Å². The van der Waals surface area contributed by atoms with E-state index in [0.717, 1.165) is 11.4 Å². The van der Waals surface area contributed by atoms with E-state index in [2.05, 4.69) is 5.10 Å². The van der Waals surface area contributed by atoms with Crippen LogP contribution in [0.4, 0.5) is 0 Å². The van der Waals surface area contributed by atoms with Crippen molar-refractivity contribution in [2.75, 3.05) is 26.3 Å². The van der Waals surface area contributed by atoms with Crippen molar-refractivity contribution in [1.29, 1.82) is 0 Å². The van der Waals surface area contributed by atoms with Crippen molar-refractivity contribution in [2.45, 2.75) is 26.6 Å². The van der Waals surface area contributed by atoms with E-state index in [1.54, 1.807) is 10.9 Å². The fourth-order valence-corrected chi connectivity index (χ4v) is 3.45. The van der Waals surface area contributed by atoms with Crippen LogP contribution < -0.4 is 0 Å². The van der Waals surface area contributed by atoms with Crippen LogP contribution in [0.1, 0.15) is 29.9 Å². The lowest BCUT2D eigenvalue weighted by atomic mass is 9.80. The maximum atomic E-state index is 12.8. The molecule has 2 aromatic rings. The molecule has 0 N–H and O–H groups in total. The predicted molar refractivity (Wildman–Crippen MR) is 92.6 cm³/mol. The van der Waals surface area contributed by atoms with E-state index in [1.807, 2.05) is 56.0 Å². The minimum atomic E-state index is -0.525. The van der Waals surface area contributed by atoms with Gasteiger partial charge in [-0.1, -0.05) is 18.2 Å². The third-order valence-electron chi connectivity index (χ3n) is 5.03. The maximum Gasteiger partial charge on any atom is 0.257 e. The molecule has 3 heterocycles. The topological polar surface area (TPSA) is 56.6 Å². The van der Waals surface area contributed by atoms with Gasteiger partial charge in [-0.05, 0) is 32.9 Å². The van der Waals surface area contributed by atoms with Crippen molar-refractivity contribution < 1.29 is 14.3 Å². The molecule has 1 amide bonds. The molecular formula is C19H23N3O3. The number of benzene rings is 1. The Labute approximate surface area is 147 Å². The van der Waals surface area contributed by atoms with Gasteiger partial charge in [0.25, 0.3) is 5.91 Å². The lowest BCUT2D eigenvalue weighted by molar-refractivity contribution is -0.301. The largest absolute Gasteiger partial charge is 0.350 e. The van der Waals surface area contributed by atoms with E-state index in [9.17, 15) is 4.79 Å². The van der Waals surface area contributed by atoms with Crippen molar-refractivity contribution in [3.8, 4) is 5.69 Å². The van der Waals surface area contributed by atoms with Crippen LogP contribution in [0.2, 0.25) is 0 Å². The van der Waals surface area contributed by atoms with Crippen LogP contribution in [0, 0.1) is 12.3 Å². The summed E-state index contributed by atoms with van der Waals surface area (Å²) in [7, 11) is 0. The Balaban J connectivity index is 1.46. The summed E-state index contributed by atoms with van der Waals surface area (Å²) in [6.45, 7) is 8.36. The molecule has 0 atom stereocenters. The minimum absolute atomic E-state index is 0.0233. The van der Waals surface area contributed by atoms with Gasteiger partial charge in [-0.2, -0.15) is 5.10 Å².